The molecule has 8 heteroatoms. The minimum absolute atomic E-state index is 0.119. The second-order valence-corrected chi connectivity index (χ2v) is 8.58. The number of amides is 1. The third kappa shape index (κ3) is 3.87. The van der Waals surface area contributed by atoms with E-state index in [1.165, 1.54) is 7.11 Å². The highest BCUT2D eigenvalue weighted by atomic mass is 16.5. The van der Waals surface area contributed by atoms with E-state index < -0.39 is 0 Å². The summed E-state index contributed by atoms with van der Waals surface area (Å²) in [6, 6.07) is 17.6. The minimum Gasteiger partial charge on any atom is -0.478 e. The molecule has 1 saturated heterocycles. The highest BCUT2D eigenvalue weighted by Crippen LogP contribution is 2.35. The lowest BCUT2D eigenvalue weighted by molar-refractivity contribution is 0.0853. The van der Waals surface area contributed by atoms with E-state index in [2.05, 4.69) is 21.3 Å². The van der Waals surface area contributed by atoms with Crippen molar-refractivity contribution in [2.45, 2.75) is 13.0 Å². The third-order valence-corrected chi connectivity index (χ3v) is 6.01. The molecule has 0 aliphatic carbocycles. The quantitative estimate of drug-likeness (QED) is 0.499. The van der Waals surface area contributed by atoms with E-state index in [9.17, 15) is 10.1 Å². The number of rotatable bonds is 5. The lowest BCUT2D eigenvalue weighted by Gasteiger charge is -2.36. The Morgan fingerprint density at radius 2 is 1.76 bits per heavy atom. The molecule has 1 N–H and O–H groups in total. The molecule has 1 aliphatic rings. The lowest BCUT2D eigenvalue weighted by atomic mass is 10.0. The smallest absolute Gasteiger partial charge is 0.271 e. The van der Waals surface area contributed by atoms with Gasteiger partial charge in [-0.15, -0.1) is 0 Å². The molecule has 0 saturated carbocycles. The van der Waals surface area contributed by atoms with E-state index in [0.717, 1.165) is 35.5 Å². The van der Waals surface area contributed by atoms with Crippen LogP contribution in [0.5, 0.6) is 5.88 Å². The summed E-state index contributed by atoms with van der Waals surface area (Å²) in [5, 5.41) is 12.2. The van der Waals surface area contributed by atoms with Crippen LogP contribution >= 0.6 is 0 Å². The van der Waals surface area contributed by atoms with Crippen molar-refractivity contribution in [3.05, 3.63) is 71.5 Å². The number of nitrogens with zero attached hydrogens (tertiary/aromatic N) is 5. The highest BCUT2D eigenvalue weighted by molar-refractivity contribution is 5.94. The zero-order chi connectivity index (χ0) is 23.8. The van der Waals surface area contributed by atoms with Gasteiger partial charge in [-0.05, 0) is 26.1 Å². The normalized spacial score (nSPS) is 13.9. The molecular weight excluding hydrogens is 428 g/mol. The molecule has 8 nitrogen and oxygen atoms in total. The van der Waals surface area contributed by atoms with Crippen LogP contribution in [-0.4, -0.2) is 58.5 Å². The molecule has 0 spiro atoms. The van der Waals surface area contributed by atoms with Crippen molar-refractivity contribution in [2.75, 3.05) is 27.2 Å². The number of nitrogens with one attached hydrogen (secondary N) is 1. The number of carbonyl (C=O) groups is 1. The molecule has 0 unspecified atom stereocenters. The van der Waals surface area contributed by atoms with Crippen molar-refractivity contribution >= 4 is 11.6 Å². The van der Waals surface area contributed by atoms with Crippen LogP contribution in [0.2, 0.25) is 0 Å². The first-order valence-corrected chi connectivity index (χ1v) is 11.0. The number of hydrogen-bond donors (Lipinski definition) is 1. The average Bonchev–Trinajstić information content (AvgIpc) is 3.28. The number of aryl methyl sites for hydroxylation is 1. The van der Waals surface area contributed by atoms with Crippen LogP contribution in [0.3, 0.4) is 0 Å². The molecule has 2 aromatic carbocycles. The van der Waals surface area contributed by atoms with Gasteiger partial charge in [0, 0.05) is 30.4 Å². The van der Waals surface area contributed by atoms with Gasteiger partial charge in [0.25, 0.3) is 11.8 Å². The molecule has 34 heavy (non-hydrogen) atoms. The number of nitriles is 1. The van der Waals surface area contributed by atoms with Gasteiger partial charge in [0.05, 0.1) is 36.2 Å². The number of methoxy groups -OCH3 is 1. The Morgan fingerprint density at radius 3 is 2.38 bits per heavy atom. The molecule has 1 fully saturated rings. The average molecular weight is 453 g/mol. The zero-order valence-electron chi connectivity index (χ0n) is 19.2. The number of likely N-dealkylation sites (N-methyl/N-ethyl adjacent to an activating group) is 1. The first-order valence-electron chi connectivity index (χ1n) is 11.0. The Balaban J connectivity index is 1.70. The predicted molar refractivity (Wildman–Crippen MR) is 129 cm³/mol. The van der Waals surface area contributed by atoms with Gasteiger partial charge in [-0.3, -0.25) is 9.20 Å². The summed E-state index contributed by atoms with van der Waals surface area (Å²) in [7, 11) is 3.55. The number of hydrogen-bond acceptors (Lipinski definition) is 6. The Morgan fingerprint density at radius 1 is 1.09 bits per heavy atom. The number of imidazole rings is 1. The van der Waals surface area contributed by atoms with Gasteiger partial charge in [0.2, 0.25) is 5.65 Å². The summed E-state index contributed by atoms with van der Waals surface area (Å²) in [5.74, 6) is 0.0938. The van der Waals surface area contributed by atoms with Gasteiger partial charge in [0.15, 0.2) is 0 Å². The van der Waals surface area contributed by atoms with Gasteiger partial charge in [0.1, 0.15) is 5.69 Å². The summed E-state index contributed by atoms with van der Waals surface area (Å²) < 4.78 is 7.45. The number of benzene rings is 2. The van der Waals surface area contributed by atoms with Crippen LogP contribution in [0.1, 0.15) is 21.6 Å². The Labute approximate surface area is 197 Å². The largest absolute Gasteiger partial charge is 0.478 e. The van der Waals surface area contributed by atoms with Gasteiger partial charge in [-0.2, -0.15) is 5.26 Å². The van der Waals surface area contributed by atoms with Gasteiger partial charge < -0.3 is 15.0 Å². The maximum atomic E-state index is 12.9. The van der Waals surface area contributed by atoms with Crippen molar-refractivity contribution in [1.82, 2.24) is 24.6 Å². The fourth-order valence-electron chi connectivity index (χ4n) is 4.21. The Bertz CT molecular complexity index is 1410. The summed E-state index contributed by atoms with van der Waals surface area (Å²) in [6.45, 7) is 3.67. The van der Waals surface area contributed by atoms with Crippen molar-refractivity contribution in [2.24, 2.45) is 0 Å². The number of aromatic nitrogens is 3. The van der Waals surface area contributed by atoms with Crippen LogP contribution in [0.4, 0.5) is 0 Å². The van der Waals surface area contributed by atoms with E-state index >= 15 is 0 Å². The van der Waals surface area contributed by atoms with E-state index in [4.69, 9.17) is 9.72 Å². The van der Waals surface area contributed by atoms with Crippen molar-refractivity contribution in [3.8, 4) is 34.5 Å². The molecule has 0 bridgehead atoms. The number of fused-ring (bicyclic) bond motifs is 1. The summed E-state index contributed by atoms with van der Waals surface area (Å²) in [5.41, 5.74) is 5.68. The predicted octanol–water partition coefficient (Wildman–Crippen LogP) is 3.30. The standard InChI is InChI=1S/C26H24N6O2/c1-16-4-8-19(9-5-16)23-22(18-10-6-17(12-27)7-11-18)30-26(34-3)24-29-21(15-32(23)24)25(33)28-20-13-31(2)14-20/h4-11,15,20H,13-14H2,1-3H3,(H,28,33). The first kappa shape index (κ1) is 21.6. The van der Waals surface area contributed by atoms with E-state index in [0.29, 0.717) is 28.5 Å². The van der Waals surface area contributed by atoms with Crippen LogP contribution in [0.15, 0.2) is 54.7 Å². The van der Waals surface area contributed by atoms with Crippen molar-refractivity contribution in [1.29, 1.82) is 5.26 Å². The highest BCUT2D eigenvalue weighted by Gasteiger charge is 2.27. The molecule has 3 heterocycles. The summed E-state index contributed by atoms with van der Waals surface area (Å²) in [4.78, 5) is 24.5. The summed E-state index contributed by atoms with van der Waals surface area (Å²) >= 11 is 0. The Hall–Kier alpha value is -4.22. The minimum atomic E-state index is -0.223. The molecular formula is C26H24N6O2. The van der Waals surface area contributed by atoms with Gasteiger partial charge in [-0.25, -0.2) is 9.97 Å². The zero-order valence-corrected chi connectivity index (χ0v) is 19.2. The van der Waals surface area contributed by atoms with E-state index in [1.54, 1.807) is 18.3 Å². The first-order chi connectivity index (χ1) is 16.5. The number of likely N-dealkylation sites (tertiary alicyclic amines) is 1. The van der Waals surface area contributed by atoms with Crippen molar-refractivity contribution < 1.29 is 9.53 Å². The van der Waals surface area contributed by atoms with Gasteiger partial charge in [-0.1, -0.05) is 42.0 Å². The maximum absolute atomic E-state index is 12.9. The number of carbonyl (C=O) groups excluding carboxylic acids is 1. The molecule has 4 aromatic rings. The van der Waals surface area contributed by atoms with Gasteiger partial charge >= 0.3 is 0 Å². The second-order valence-electron chi connectivity index (χ2n) is 8.58. The van der Waals surface area contributed by atoms with Crippen molar-refractivity contribution in [3.63, 3.8) is 0 Å². The van der Waals surface area contributed by atoms with E-state index in [-0.39, 0.29) is 11.9 Å². The monoisotopic (exact) mass is 452 g/mol. The second kappa shape index (κ2) is 8.61. The Kier molecular flexibility index (Phi) is 5.48. The third-order valence-electron chi connectivity index (χ3n) is 6.01. The van der Waals surface area contributed by atoms with Crippen LogP contribution < -0.4 is 10.1 Å². The van der Waals surface area contributed by atoms with Crippen LogP contribution in [-0.2, 0) is 0 Å². The number of ether oxygens (including phenoxy) is 1. The topological polar surface area (TPSA) is 95.5 Å². The molecule has 1 amide bonds. The van der Waals surface area contributed by atoms with Crippen LogP contribution in [0, 0.1) is 18.3 Å². The molecule has 5 rings (SSSR count). The molecule has 0 radical (unpaired) electrons. The molecule has 0 atom stereocenters. The summed E-state index contributed by atoms with van der Waals surface area (Å²) in [6.07, 6.45) is 1.74. The van der Waals surface area contributed by atoms with E-state index in [1.807, 2.05) is 54.8 Å². The molecule has 170 valence electrons. The lowest BCUT2D eigenvalue weighted by Crippen LogP contribution is -2.57. The molecule has 1 aliphatic heterocycles. The SMILES string of the molecule is COc1nc(-c2ccc(C#N)cc2)c(-c2ccc(C)cc2)n2cc(C(=O)NC3CN(C)C3)nc12. The fourth-order valence-corrected chi connectivity index (χ4v) is 4.21. The van der Waals surface area contributed by atoms with Crippen LogP contribution in [0.25, 0.3) is 28.2 Å². The molecule has 2 aromatic heterocycles. The fraction of sp³-hybridized carbons (Fsp3) is 0.231. The maximum Gasteiger partial charge on any atom is 0.271 e.